The van der Waals surface area contributed by atoms with Crippen molar-refractivity contribution in [2.45, 2.75) is 63.5 Å². The molecule has 2 saturated heterocycles. The van der Waals surface area contributed by atoms with Crippen molar-refractivity contribution in [2.75, 3.05) is 43.5 Å². The third kappa shape index (κ3) is 5.93. The van der Waals surface area contributed by atoms with Crippen molar-refractivity contribution in [1.82, 2.24) is 19.9 Å². The van der Waals surface area contributed by atoms with E-state index in [1.54, 1.807) is 12.4 Å². The van der Waals surface area contributed by atoms with E-state index in [-0.39, 0.29) is 0 Å². The van der Waals surface area contributed by atoms with Crippen LogP contribution in [0.3, 0.4) is 0 Å². The maximum atomic E-state index is 6.53. The van der Waals surface area contributed by atoms with Crippen molar-refractivity contribution in [3.05, 3.63) is 28.6 Å². The average molecular weight is 505 g/mol. The van der Waals surface area contributed by atoms with Crippen LogP contribution in [0.2, 0.25) is 10.2 Å². The van der Waals surface area contributed by atoms with Gasteiger partial charge in [0, 0.05) is 43.6 Å². The summed E-state index contributed by atoms with van der Waals surface area (Å²) in [6.45, 7) is 4.98. The van der Waals surface area contributed by atoms with E-state index in [1.807, 2.05) is 6.07 Å². The van der Waals surface area contributed by atoms with E-state index < -0.39 is 0 Å². The Morgan fingerprint density at radius 1 is 0.971 bits per heavy atom. The van der Waals surface area contributed by atoms with Crippen molar-refractivity contribution < 1.29 is 4.74 Å². The van der Waals surface area contributed by atoms with Gasteiger partial charge in [-0.25, -0.2) is 15.0 Å². The van der Waals surface area contributed by atoms with Gasteiger partial charge >= 0.3 is 0 Å². The standard InChI is InChI=1S/C25H34Cl2N6O/c26-21-15-28-23(31-18-3-5-19(6-4-18)33-9-1-2-10-33)13-20(21)22-16-29-24(27)25(32-22)30-14-17-7-11-34-12-8-17/h13,15-19H,1-12,14H2,(H,28,31)(H,30,32). The van der Waals surface area contributed by atoms with Crippen LogP contribution in [0.1, 0.15) is 51.4 Å². The Morgan fingerprint density at radius 3 is 2.50 bits per heavy atom. The van der Waals surface area contributed by atoms with Gasteiger partial charge in [0.1, 0.15) is 5.82 Å². The van der Waals surface area contributed by atoms with Crippen molar-refractivity contribution >= 4 is 34.8 Å². The Hall–Kier alpha value is -1.67. The fourth-order valence-corrected chi connectivity index (χ4v) is 5.78. The topological polar surface area (TPSA) is 75.2 Å². The lowest BCUT2D eigenvalue weighted by molar-refractivity contribution is 0.0699. The molecule has 184 valence electrons. The summed E-state index contributed by atoms with van der Waals surface area (Å²) in [6.07, 6.45) is 13.0. The summed E-state index contributed by atoms with van der Waals surface area (Å²) in [6, 6.07) is 3.17. The predicted molar refractivity (Wildman–Crippen MR) is 138 cm³/mol. The van der Waals surface area contributed by atoms with Gasteiger partial charge in [-0.05, 0) is 76.4 Å². The van der Waals surface area contributed by atoms with Gasteiger partial charge in [-0.3, -0.25) is 0 Å². The molecule has 0 amide bonds. The Balaban J connectivity index is 1.23. The summed E-state index contributed by atoms with van der Waals surface area (Å²) in [5.74, 6) is 1.97. The van der Waals surface area contributed by atoms with Crippen LogP contribution < -0.4 is 10.6 Å². The minimum atomic E-state index is 0.370. The molecular formula is C25H34Cl2N6O. The number of hydrogen-bond acceptors (Lipinski definition) is 7. The lowest BCUT2D eigenvalue weighted by Gasteiger charge is -2.35. The molecule has 2 N–H and O–H groups in total. The van der Waals surface area contributed by atoms with Crippen LogP contribution in [-0.2, 0) is 4.74 Å². The molecule has 0 bridgehead atoms. The average Bonchev–Trinajstić information content (AvgIpc) is 3.41. The van der Waals surface area contributed by atoms with Crippen LogP contribution in [0.15, 0.2) is 18.5 Å². The third-order valence-corrected chi connectivity index (χ3v) is 8.04. The molecule has 0 atom stereocenters. The Bertz CT molecular complexity index is 956. The SMILES string of the molecule is Clc1cnc(NC2CCC(N3CCCC3)CC2)cc1-c1cnc(Cl)c(NCC2CCOCC2)n1. The number of halogens is 2. The molecule has 4 heterocycles. The summed E-state index contributed by atoms with van der Waals surface area (Å²) in [5, 5.41) is 7.93. The number of likely N-dealkylation sites (tertiary alicyclic amines) is 1. The molecule has 9 heteroatoms. The number of anilines is 2. The normalized spacial score (nSPS) is 24.3. The van der Waals surface area contributed by atoms with E-state index in [4.69, 9.17) is 32.9 Å². The first-order chi connectivity index (χ1) is 16.7. The first-order valence-corrected chi connectivity index (χ1v) is 13.4. The number of nitrogens with zero attached hydrogens (tertiary/aromatic N) is 4. The number of ether oxygens (including phenoxy) is 1. The summed E-state index contributed by atoms with van der Waals surface area (Å²) < 4.78 is 5.45. The Morgan fingerprint density at radius 2 is 1.74 bits per heavy atom. The van der Waals surface area contributed by atoms with Crippen LogP contribution in [-0.4, -0.2) is 64.8 Å². The summed E-state index contributed by atoms with van der Waals surface area (Å²) >= 11 is 12.9. The lowest BCUT2D eigenvalue weighted by atomic mass is 9.90. The molecule has 1 aliphatic carbocycles. The zero-order chi connectivity index (χ0) is 23.3. The van der Waals surface area contributed by atoms with Gasteiger partial charge in [0.15, 0.2) is 11.0 Å². The number of hydrogen-bond donors (Lipinski definition) is 2. The number of nitrogens with one attached hydrogen (secondary N) is 2. The lowest BCUT2D eigenvalue weighted by Crippen LogP contribution is -2.38. The molecule has 7 nitrogen and oxygen atoms in total. The summed E-state index contributed by atoms with van der Waals surface area (Å²) in [7, 11) is 0. The Kier molecular flexibility index (Phi) is 8.05. The second kappa shape index (κ2) is 11.4. The predicted octanol–water partition coefficient (Wildman–Crippen LogP) is 5.50. The maximum absolute atomic E-state index is 6.53. The number of rotatable bonds is 7. The van der Waals surface area contributed by atoms with Crippen molar-refractivity contribution in [3.8, 4) is 11.3 Å². The molecule has 0 aromatic carbocycles. The third-order valence-electron chi connectivity index (χ3n) is 7.46. The second-order valence-corrected chi connectivity index (χ2v) is 10.5. The molecule has 5 rings (SSSR count). The van der Waals surface area contributed by atoms with Crippen molar-refractivity contribution in [2.24, 2.45) is 5.92 Å². The van der Waals surface area contributed by atoms with E-state index in [9.17, 15) is 0 Å². The Labute approximate surface area is 212 Å². The summed E-state index contributed by atoms with van der Waals surface area (Å²) in [5.41, 5.74) is 1.50. The number of aromatic nitrogens is 3. The highest BCUT2D eigenvalue weighted by Crippen LogP contribution is 2.32. The van der Waals surface area contributed by atoms with Gasteiger partial charge in [0.2, 0.25) is 0 Å². The maximum Gasteiger partial charge on any atom is 0.171 e. The molecule has 2 aliphatic heterocycles. The molecule has 2 aromatic heterocycles. The molecular weight excluding hydrogens is 471 g/mol. The zero-order valence-electron chi connectivity index (χ0n) is 19.6. The smallest absolute Gasteiger partial charge is 0.171 e. The van der Waals surface area contributed by atoms with Gasteiger partial charge < -0.3 is 20.3 Å². The van der Waals surface area contributed by atoms with E-state index in [1.165, 1.54) is 51.6 Å². The van der Waals surface area contributed by atoms with E-state index in [0.717, 1.165) is 50.0 Å². The molecule has 0 unspecified atom stereocenters. The van der Waals surface area contributed by atoms with Crippen LogP contribution >= 0.6 is 23.2 Å². The van der Waals surface area contributed by atoms with Gasteiger partial charge in [-0.1, -0.05) is 23.2 Å². The highest BCUT2D eigenvalue weighted by molar-refractivity contribution is 6.33. The minimum Gasteiger partial charge on any atom is -0.381 e. The monoisotopic (exact) mass is 504 g/mol. The van der Waals surface area contributed by atoms with Gasteiger partial charge in [-0.15, -0.1) is 0 Å². The summed E-state index contributed by atoms with van der Waals surface area (Å²) in [4.78, 5) is 16.3. The second-order valence-electron chi connectivity index (χ2n) is 9.77. The van der Waals surface area contributed by atoms with Crippen molar-refractivity contribution in [3.63, 3.8) is 0 Å². The van der Waals surface area contributed by atoms with Crippen LogP contribution in [0.25, 0.3) is 11.3 Å². The molecule has 2 aromatic rings. The largest absolute Gasteiger partial charge is 0.381 e. The fraction of sp³-hybridized carbons (Fsp3) is 0.640. The van der Waals surface area contributed by atoms with Gasteiger partial charge in [0.05, 0.1) is 16.9 Å². The molecule has 0 spiro atoms. The van der Waals surface area contributed by atoms with Crippen LogP contribution in [0, 0.1) is 5.92 Å². The van der Waals surface area contributed by atoms with E-state index in [0.29, 0.717) is 33.6 Å². The highest BCUT2D eigenvalue weighted by Gasteiger charge is 2.27. The fourth-order valence-electron chi connectivity index (χ4n) is 5.42. The minimum absolute atomic E-state index is 0.370. The number of pyridine rings is 1. The first-order valence-electron chi connectivity index (χ1n) is 12.7. The molecule has 3 aliphatic rings. The van der Waals surface area contributed by atoms with Crippen LogP contribution in [0.5, 0.6) is 0 Å². The quantitative estimate of drug-likeness (QED) is 0.515. The molecule has 0 radical (unpaired) electrons. The zero-order valence-corrected chi connectivity index (χ0v) is 21.1. The highest BCUT2D eigenvalue weighted by atomic mass is 35.5. The molecule has 3 fully saturated rings. The molecule has 34 heavy (non-hydrogen) atoms. The van der Waals surface area contributed by atoms with E-state index >= 15 is 0 Å². The van der Waals surface area contributed by atoms with Gasteiger partial charge in [0.25, 0.3) is 0 Å². The van der Waals surface area contributed by atoms with Crippen LogP contribution in [0.4, 0.5) is 11.6 Å². The molecule has 1 saturated carbocycles. The van der Waals surface area contributed by atoms with E-state index in [2.05, 4.69) is 25.5 Å². The van der Waals surface area contributed by atoms with Crippen molar-refractivity contribution in [1.29, 1.82) is 0 Å². The first kappa shape index (κ1) is 24.0. The van der Waals surface area contributed by atoms with Gasteiger partial charge in [-0.2, -0.15) is 0 Å².